The number of aliphatic hydroxyl groups is 1. The van der Waals surface area contributed by atoms with E-state index < -0.39 is 6.29 Å². The Bertz CT molecular complexity index is 1970. The van der Waals surface area contributed by atoms with E-state index in [1.807, 2.05) is 72.8 Å². The number of hydrogen-bond acceptors (Lipinski definition) is 8. The molecule has 1 fully saturated rings. The van der Waals surface area contributed by atoms with Gasteiger partial charge in [0.15, 0.2) is 12.5 Å². The van der Waals surface area contributed by atoms with Gasteiger partial charge >= 0.3 is 0 Å². The highest BCUT2D eigenvalue weighted by atomic mass is 32.2. The van der Waals surface area contributed by atoms with E-state index in [0.29, 0.717) is 41.5 Å². The van der Waals surface area contributed by atoms with E-state index in [0.717, 1.165) is 38.1 Å². The molecule has 0 saturated carbocycles. The van der Waals surface area contributed by atoms with E-state index in [9.17, 15) is 19.9 Å². The number of rotatable bonds is 14. The van der Waals surface area contributed by atoms with Crippen molar-refractivity contribution in [1.82, 2.24) is 5.32 Å². The number of ether oxygens (including phenoxy) is 2. The standard InChI is InChI=1S/C41H42N4O6S/c42-35-12-1-2-13-36(35)44-39(48)15-7-14-38(47)43-25-29-8-5-9-31(22-29)32-10-6-11-33(23-32)41-50-34(27-52-40-16-3-4-21-45(40)49)24-37(51-41)30-19-17-28(26-46)18-20-30/h1-6,8-13,16-23,34,37,41,46H,7,14-15,24-27,42H2,(H,43,47)(H,44,48)/t34-,37+,41+/m1/s1. The van der Waals surface area contributed by atoms with Crippen molar-refractivity contribution >= 4 is 35.0 Å². The summed E-state index contributed by atoms with van der Waals surface area (Å²) < 4.78 is 13.9. The van der Waals surface area contributed by atoms with Gasteiger partial charge in [0.2, 0.25) is 11.8 Å². The predicted octanol–water partition coefficient (Wildman–Crippen LogP) is 6.82. The lowest BCUT2D eigenvalue weighted by molar-refractivity contribution is -0.645. The van der Waals surface area contributed by atoms with E-state index in [1.165, 1.54) is 18.0 Å². The fourth-order valence-electron chi connectivity index (χ4n) is 5.97. The summed E-state index contributed by atoms with van der Waals surface area (Å²) in [5.41, 5.74) is 12.5. The lowest BCUT2D eigenvalue weighted by Gasteiger charge is -2.36. The summed E-state index contributed by atoms with van der Waals surface area (Å²) in [6.07, 6.45) is 1.87. The number of thioether (sulfide) groups is 1. The van der Waals surface area contributed by atoms with Crippen molar-refractivity contribution in [2.75, 3.05) is 16.8 Å². The van der Waals surface area contributed by atoms with Gasteiger partial charge in [-0.25, -0.2) is 0 Å². The van der Waals surface area contributed by atoms with Crippen LogP contribution in [0.2, 0.25) is 0 Å². The average Bonchev–Trinajstić information content (AvgIpc) is 3.18. The third kappa shape index (κ3) is 9.98. The molecule has 4 aromatic carbocycles. The Balaban J connectivity index is 1.08. The van der Waals surface area contributed by atoms with Crippen LogP contribution in [0.25, 0.3) is 11.1 Å². The van der Waals surface area contributed by atoms with Crippen LogP contribution in [0.3, 0.4) is 0 Å². The molecule has 1 aliphatic rings. The highest BCUT2D eigenvalue weighted by Gasteiger charge is 2.33. The molecule has 2 amide bonds. The van der Waals surface area contributed by atoms with Gasteiger partial charge in [-0.1, -0.05) is 84.6 Å². The van der Waals surface area contributed by atoms with E-state index in [2.05, 4.69) is 16.7 Å². The predicted molar refractivity (Wildman–Crippen MR) is 202 cm³/mol. The topological polar surface area (TPSA) is 150 Å². The van der Waals surface area contributed by atoms with Crippen LogP contribution in [-0.4, -0.2) is 28.8 Å². The number of carbonyl (C=O) groups excluding carboxylic acids is 2. The lowest BCUT2D eigenvalue weighted by atomic mass is 9.99. The number of aromatic nitrogens is 1. The van der Waals surface area contributed by atoms with Crippen molar-refractivity contribution in [3.63, 3.8) is 0 Å². The lowest BCUT2D eigenvalue weighted by Crippen LogP contribution is -2.32. The summed E-state index contributed by atoms with van der Waals surface area (Å²) in [5, 5.41) is 28.2. The second kappa shape index (κ2) is 17.8. The van der Waals surface area contributed by atoms with E-state index >= 15 is 0 Å². The minimum absolute atomic E-state index is 0.0321. The summed E-state index contributed by atoms with van der Waals surface area (Å²) in [5.74, 6) is 0.257. The molecule has 52 heavy (non-hydrogen) atoms. The number of nitrogens with one attached hydrogen (secondary N) is 2. The van der Waals surface area contributed by atoms with Crippen LogP contribution in [0.15, 0.2) is 126 Å². The average molecular weight is 719 g/mol. The van der Waals surface area contributed by atoms with Gasteiger partial charge in [0.1, 0.15) is 0 Å². The summed E-state index contributed by atoms with van der Waals surface area (Å²) in [6, 6.07) is 36.2. The van der Waals surface area contributed by atoms with E-state index in [1.54, 1.807) is 36.4 Å². The molecule has 1 aromatic heterocycles. The van der Waals surface area contributed by atoms with Gasteiger partial charge in [-0.05, 0) is 64.6 Å². The Morgan fingerprint density at radius 1 is 0.827 bits per heavy atom. The Morgan fingerprint density at radius 3 is 2.37 bits per heavy atom. The molecule has 5 N–H and O–H groups in total. The van der Waals surface area contributed by atoms with E-state index in [4.69, 9.17) is 15.2 Å². The number of para-hydroxylation sites is 2. The quantitative estimate of drug-likeness (QED) is 0.0423. The Kier molecular flexibility index (Phi) is 12.5. The minimum atomic E-state index is -0.647. The van der Waals surface area contributed by atoms with Crippen LogP contribution < -0.4 is 21.1 Å². The molecular weight excluding hydrogens is 677 g/mol. The maximum atomic E-state index is 12.6. The largest absolute Gasteiger partial charge is 0.618 e. The third-order valence-corrected chi connectivity index (χ3v) is 9.92. The fraction of sp³-hybridized carbons (Fsp3) is 0.244. The van der Waals surface area contributed by atoms with E-state index in [-0.39, 0.29) is 43.5 Å². The van der Waals surface area contributed by atoms with Gasteiger partial charge in [0, 0.05) is 49.3 Å². The first-order valence-corrected chi connectivity index (χ1v) is 18.2. The first-order valence-electron chi connectivity index (χ1n) is 17.3. The molecule has 0 aliphatic carbocycles. The normalized spacial score (nSPS) is 17.0. The van der Waals surface area contributed by atoms with Crippen molar-refractivity contribution in [2.24, 2.45) is 0 Å². The Morgan fingerprint density at radius 2 is 1.58 bits per heavy atom. The summed E-state index contributed by atoms with van der Waals surface area (Å²) in [4.78, 5) is 24.9. The summed E-state index contributed by atoms with van der Waals surface area (Å²) in [7, 11) is 0. The number of nitrogens with zero attached hydrogens (tertiary/aromatic N) is 1. The molecule has 0 unspecified atom stereocenters. The van der Waals surface area contributed by atoms with Crippen LogP contribution >= 0.6 is 11.8 Å². The number of amides is 2. The van der Waals surface area contributed by atoms with Crippen molar-refractivity contribution in [1.29, 1.82) is 0 Å². The van der Waals surface area contributed by atoms with Crippen molar-refractivity contribution in [3.8, 4) is 11.1 Å². The van der Waals surface area contributed by atoms with Crippen molar-refractivity contribution in [3.05, 3.63) is 149 Å². The SMILES string of the molecule is Nc1ccccc1NC(=O)CCCC(=O)NCc1cccc(-c2cccc([C@H]3O[C@@H](CSc4cccc[n+]4[O-])C[C@@H](c4ccc(CO)cc4)O3)c2)c1. The van der Waals surface area contributed by atoms with Gasteiger partial charge in [0.05, 0.1) is 30.2 Å². The molecule has 1 saturated heterocycles. The van der Waals surface area contributed by atoms with Crippen LogP contribution in [-0.2, 0) is 32.2 Å². The smallest absolute Gasteiger partial charge is 0.251 e. The van der Waals surface area contributed by atoms with Crippen molar-refractivity contribution < 1.29 is 28.9 Å². The zero-order valence-electron chi connectivity index (χ0n) is 28.7. The number of benzene rings is 4. The molecular formula is C41H42N4O6S. The van der Waals surface area contributed by atoms with Gasteiger partial charge in [-0.15, -0.1) is 0 Å². The van der Waals surface area contributed by atoms with Crippen LogP contribution in [0.5, 0.6) is 0 Å². The molecule has 2 heterocycles. The molecule has 0 spiro atoms. The highest BCUT2D eigenvalue weighted by molar-refractivity contribution is 7.99. The molecule has 0 bridgehead atoms. The molecule has 11 heteroatoms. The highest BCUT2D eigenvalue weighted by Crippen LogP contribution is 2.40. The summed E-state index contributed by atoms with van der Waals surface area (Å²) >= 11 is 1.45. The number of anilines is 2. The second-order valence-electron chi connectivity index (χ2n) is 12.6. The zero-order valence-corrected chi connectivity index (χ0v) is 29.5. The van der Waals surface area contributed by atoms with Crippen molar-refractivity contribution in [2.45, 2.75) is 62.4 Å². The number of carbonyl (C=O) groups is 2. The number of aliphatic hydroxyl groups excluding tert-OH is 1. The number of hydrogen-bond donors (Lipinski definition) is 4. The number of pyridine rings is 1. The maximum absolute atomic E-state index is 12.6. The van der Waals surface area contributed by atoms with Gasteiger partial charge in [-0.2, -0.15) is 4.73 Å². The van der Waals surface area contributed by atoms with Gasteiger partial charge < -0.3 is 36.2 Å². The molecule has 1 aliphatic heterocycles. The zero-order chi connectivity index (χ0) is 36.3. The molecule has 268 valence electrons. The maximum Gasteiger partial charge on any atom is 0.251 e. The molecule has 6 rings (SSSR count). The minimum Gasteiger partial charge on any atom is -0.618 e. The Hall–Kier alpha value is -5.20. The molecule has 3 atom stereocenters. The van der Waals surface area contributed by atoms with Crippen LogP contribution in [0.4, 0.5) is 11.4 Å². The molecule has 0 radical (unpaired) electrons. The summed E-state index contributed by atoms with van der Waals surface area (Å²) in [6.45, 7) is 0.324. The first kappa shape index (κ1) is 36.6. The van der Waals surface area contributed by atoms with Crippen LogP contribution in [0, 0.1) is 5.21 Å². The van der Waals surface area contributed by atoms with Gasteiger partial charge in [0.25, 0.3) is 5.03 Å². The second-order valence-corrected chi connectivity index (χ2v) is 13.7. The molecule has 5 aromatic rings. The van der Waals surface area contributed by atoms with Gasteiger partial charge in [-0.3, -0.25) is 9.59 Å². The number of nitrogens with two attached hydrogens (primary N) is 1. The third-order valence-electron chi connectivity index (χ3n) is 8.77. The monoisotopic (exact) mass is 718 g/mol. The first-order chi connectivity index (χ1) is 25.3. The Labute approximate surface area is 307 Å². The van der Waals surface area contributed by atoms with Crippen LogP contribution in [0.1, 0.15) is 60.3 Å². The molecule has 10 nitrogen and oxygen atoms in total. The fourth-order valence-corrected chi connectivity index (χ4v) is 6.91. The number of nitrogen functional groups attached to an aromatic ring is 1.